The zero-order valence-electron chi connectivity index (χ0n) is 54.0. The molecule has 3 aliphatic heterocycles. The Morgan fingerprint density at radius 2 is 0.736 bits per heavy atom. The van der Waals surface area contributed by atoms with Crippen molar-refractivity contribution in [2.75, 3.05) is 26.4 Å². The van der Waals surface area contributed by atoms with Crippen molar-refractivity contribution in [2.24, 2.45) is 0 Å². The largest absolute Gasteiger partial charge is 0.394 e. The highest BCUT2D eigenvalue weighted by atomic mass is 16.8. The number of hydrogen-bond acceptors (Lipinski definition) is 18. The SMILES string of the molecule is CCCCCCCCCCCCCCCCCCCCC/C=C/CC/C=C/C(O)C(COC1OC(CO)C(OC2OC(CO)C(OC3OC(CO)C(O)C(O)C3O)C(O)C2O)C(O)C1O)NC(=O)CCCCCCCCCCCCCCCCCCC. The van der Waals surface area contributed by atoms with Gasteiger partial charge in [0.15, 0.2) is 18.9 Å². The molecule has 0 aliphatic carbocycles. The number of nitrogens with one attached hydrogen (secondary N) is 1. The maximum absolute atomic E-state index is 13.4. The second-order valence-corrected chi connectivity index (χ2v) is 25.3. The molecule has 19 nitrogen and oxygen atoms in total. The summed E-state index contributed by atoms with van der Waals surface area (Å²) in [6, 6.07) is -0.986. The van der Waals surface area contributed by atoms with E-state index < -0.39 is 124 Å². The Kier molecular flexibility index (Phi) is 46.4. The van der Waals surface area contributed by atoms with Crippen LogP contribution in [0, 0.1) is 0 Å². The number of aliphatic hydroxyl groups excluding tert-OH is 11. The molecule has 0 spiro atoms. The van der Waals surface area contributed by atoms with Crippen LogP contribution in [0.4, 0.5) is 0 Å². The van der Waals surface area contributed by atoms with E-state index in [1.807, 2.05) is 6.08 Å². The van der Waals surface area contributed by atoms with Crippen LogP contribution in [0.15, 0.2) is 24.3 Å². The predicted molar refractivity (Wildman–Crippen MR) is 337 cm³/mol. The number of amides is 1. The van der Waals surface area contributed by atoms with Crippen LogP contribution < -0.4 is 5.32 Å². The Balaban J connectivity index is 1.45. The molecular weight excluding hydrogens is 1120 g/mol. The fraction of sp³-hybridized carbons (Fsp3) is 0.926. The topological polar surface area (TPSA) is 307 Å². The van der Waals surface area contributed by atoms with Gasteiger partial charge in [-0.2, -0.15) is 0 Å². The van der Waals surface area contributed by atoms with Gasteiger partial charge in [-0.1, -0.05) is 256 Å². The van der Waals surface area contributed by atoms with Gasteiger partial charge in [-0.25, -0.2) is 0 Å². The lowest BCUT2D eigenvalue weighted by molar-refractivity contribution is -0.379. The number of aliphatic hydroxyl groups is 11. The van der Waals surface area contributed by atoms with Crippen LogP contribution in [-0.4, -0.2) is 193 Å². The molecule has 0 aromatic heterocycles. The highest BCUT2D eigenvalue weighted by molar-refractivity contribution is 5.76. The minimum atomic E-state index is -1.98. The maximum atomic E-state index is 13.4. The Hall–Kier alpha value is -1.73. The van der Waals surface area contributed by atoms with Gasteiger partial charge in [-0.3, -0.25) is 4.79 Å². The summed E-state index contributed by atoms with van der Waals surface area (Å²) >= 11 is 0. The molecule has 512 valence electrons. The lowest BCUT2D eigenvalue weighted by Crippen LogP contribution is -2.66. The van der Waals surface area contributed by atoms with Gasteiger partial charge in [0, 0.05) is 6.42 Å². The van der Waals surface area contributed by atoms with E-state index in [1.54, 1.807) is 6.08 Å². The molecule has 12 N–H and O–H groups in total. The zero-order chi connectivity index (χ0) is 63.3. The second kappa shape index (κ2) is 50.8. The Labute approximate surface area is 524 Å². The molecule has 3 heterocycles. The minimum absolute atomic E-state index is 0.240. The number of ether oxygens (including phenoxy) is 6. The molecule has 17 unspecified atom stereocenters. The van der Waals surface area contributed by atoms with E-state index in [1.165, 1.54) is 199 Å². The van der Waals surface area contributed by atoms with Gasteiger partial charge in [-0.15, -0.1) is 0 Å². The van der Waals surface area contributed by atoms with Crippen LogP contribution in [0.3, 0.4) is 0 Å². The average molecular weight is 1250 g/mol. The third-order valence-electron chi connectivity index (χ3n) is 17.8. The molecule has 3 fully saturated rings. The minimum Gasteiger partial charge on any atom is -0.394 e. The summed E-state index contributed by atoms with van der Waals surface area (Å²) in [4.78, 5) is 13.4. The number of unbranched alkanes of at least 4 members (excludes halogenated alkanes) is 36. The van der Waals surface area contributed by atoms with Gasteiger partial charge < -0.3 is 89.9 Å². The van der Waals surface area contributed by atoms with Crippen LogP contribution in [0.1, 0.15) is 271 Å². The fourth-order valence-electron chi connectivity index (χ4n) is 12.0. The molecule has 0 aromatic rings. The number of carbonyl (C=O) groups excluding carboxylic acids is 1. The molecule has 17 atom stereocenters. The number of hydrogen-bond donors (Lipinski definition) is 12. The van der Waals surface area contributed by atoms with E-state index in [-0.39, 0.29) is 18.9 Å². The Morgan fingerprint density at radius 1 is 0.402 bits per heavy atom. The number of carbonyl (C=O) groups is 1. The van der Waals surface area contributed by atoms with Crippen molar-refractivity contribution in [3.05, 3.63) is 24.3 Å². The quantitative estimate of drug-likeness (QED) is 0.0200. The molecule has 0 radical (unpaired) electrons. The molecular formula is C68H127NO18. The van der Waals surface area contributed by atoms with Gasteiger partial charge in [-0.05, 0) is 32.1 Å². The van der Waals surface area contributed by atoms with Crippen LogP contribution >= 0.6 is 0 Å². The summed E-state index contributed by atoms with van der Waals surface area (Å²) in [6.45, 7) is 1.75. The summed E-state index contributed by atoms with van der Waals surface area (Å²) < 4.78 is 34.3. The molecule has 87 heavy (non-hydrogen) atoms. The van der Waals surface area contributed by atoms with Gasteiger partial charge in [0.25, 0.3) is 0 Å². The maximum Gasteiger partial charge on any atom is 0.220 e. The molecule has 19 heteroatoms. The van der Waals surface area contributed by atoms with Crippen LogP contribution in [0.2, 0.25) is 0 Å². The Bertz CT molecular complexity index is 1680. The molecule has 3 rings (SSSR count). The Morgan fingerprint density at radius 3 is 1.15 bits per heavy atom. The van der Waals surface area contributed by atoms with Crippen molar-refractivity contribution >= 4 is 5.91 Å². The zero-order valence-corrected chi connectivity index (χ0v) is 54.0. The normalized spacial score (nSPS) is 28.7. The summed E-state index contributed by atoms with van der Waals surface area (Å²) in [5.41, 5.74) is 0. The standard InChI is InChI=1S/C68H127NO18/c1-3-5-7-9-11-13-15-17-19-21-22-23-24-25-26-27-28-30-31-33-35-37-39-41-43-45-52(73)51(69-56(74)46-44-42-40-38-36-34-32-29-20-18-16-14-12-10-8-6-4-2)50-82-66-62(80)59(77)64(54(48-71)84-66)87-68-63(81)60(78)65(55(49-72)85-68)86-67-61(79)58(76)57(75)53(47-70)83-67/h35,37,43,45,51-55,57-68,70-73,75-81H,3-34,36,38-42,44,46-50H2,1-2H3,(H,69,74)/b37-35+,45-43+. The number of rotatable bonds is 54. The van der Waals surface area contributed by atoms with E-state index in [9.17, 15) is 61.0 Å². The van der Waals surface area contributed by atoms with E-state index >= 15 is 0 Å². The van der Waals surface area contributed by atoms with Gasteiger partial charge in [0.1, 0.15) is 73.2 Å². The highest BCUT2D eigenvalue weighted by Crippen LogP contribution is 2.33. The second-order valence-electron chi connectivity index (χ2n) is 25.3. The van der Waals surface area contributed by atoms with E-state index in [4.69, 9.17) is 28.4 Å². The first-order valence-corrected chi connectivity index (χ1v) is 35.1. The van der Waals surface area contributed by atoms with Crippen molar-refractivity contribution in [3.63, 3.8) is 0 Å². The molecule has 0 bridgehead atoms. The van der Waals surface area contributed by atoms with Crippen molar-refractivity contribution < 1.29 is 89.4 Å². The molecule has 3 aliphatic rings. The average Bonchev–Trinajstić information content (AvgIpc) is 1.13. The van der Waals surface area contributed by atoms with Gasteiger partial charge >= 0.3 is 0 Å². The van der Waals surface area contributed by atoms with Gasteiger partial charge in [0.05, 0.1) is 38.6 Å². The third-order valence-corrected chi connectivity index (χ3v) is 17.8. The first-order valence-electron chi connectivity index (χ1n) is 35.1. The van der Waals surface area contributed by atoms with Crippen molar-refractivity contribution in [2.45, 2.75) is 375 Å². The number of allylic oxidation sites excluding steroid dienone is 3. The third kappa shape index (κ3) is 33.1. The lowest BCUT2D eigenvalue weighted by Gasteiger charge is -2.48. The highest BCUT2D eigenvalue weighted by Gasteiger charge is 2.53. The molecule has 3 saturated heterocycles. The lowest BCUT2D eigenvalue weighted by atomic mass is 9.96. The van der Waals surface area contributed by atoms with Crippen LogP contribution in [0.25, 0.3) is 0 Å². The van der Waals surface area contributed by atoms with Crippen molar-refractivity contribution in [1.29, 1.82) is 0 Å². The summed E-state index contributed by atoms with van der Waals surface area (Å²) in [6.07, 6.45) is 30.2. The van der Waals surface area contributed by atoms with Crippen LogP contribution in [-0.2, 0) is 33.2 Å². The van der Waals surface area contributed by atoms with Crippen molar-refractivity contribution in [3.8, 4) is 0 Å². The smallest absolute Gasteiger partial charge is 0.220 e. The fourth-order valence-corrected chi connectivity index (χ4v) is 12.0. The first kappa shape index (κ1) is 79.5. The summed E-state index contributed by atoms with van der Waals surface area (Å²) in [5, 5.41) is 120. The van der Waals surface area contributed by atoms with Crippen molar-refractivity contribution in [1.82, 2.24) is 5.32 Å². The van der Waals surface area contributed by atoms with E-state index in [0.717, 1.165) is 38.5 Å². The van der Waals surface area contributed by atoms with E-state index in [0.29, 0.717) is 12.8 Å². The monoisotopic (exact) mass is 1250 g/mol. The van der Waals surface area contributed by atoms with Crippen LogP contribution in [0.5, 0.6) is 0 Å². The summed E-state index contributed by atoms with van der Waals surface area (Å²) in [5.74, 6) is -0.281. The first-order chi connectivity index (χ1) is 42.3. The van der Waals surface area contributed by atoms with Gasteiger partial charge in [0.2, 0.25) is 5.91 Å². The molecule has 1 amide bonds. The predicted octanol–water partition coefficient (Wildman–Crippen LogP) is 9.05. The molecule has 0 aromatic carbocycles. The molecule has 0 saturated carbocycles. The van der Waals surface area contributed by atoms with E-state index in [2.05, 4.69) is 31.3 Å². The summed E-state index contributed by atoms with van der Waals surface area (Å²) in [7, 11) is 0.